The van der Waals surface area contributed by atoms with Crippen LogP contribution in [0.2, 0.25) is 0 Å². The molecule has 0 unspecified atom stereocenters. The van der Waals surface area contributed by atoms with E-state index in [1.54, 1.807) is 0 Å². The number of aromatic nitrogens is 4. The van der Waals surface area contributed by atoms with Gasteiger partial charge in [-0.1, -0.05) is 13.8 Å². The van der Waals surface area contributed by atoms with Crippen LogP contribution in [-0.2, 0) is 10.0 Å². The zero-order chi connectivity index (χ0) is 16.5. The van der Waals surface area contributed by atoms with Crippen LogP contribution in [0.4, 0.5) is 0 Å². The molecule has 0 aliphatic heterocycles. The smallest absolute Gasteiger partial charge is 0.216 e. The fourth-order valence-corrected chi connectivity index (χ4v) is 3.77. The van der Waals surface area contributed by atoms with Crippen molar-refractivity contribution in [3.05, 3.63) is 17.0 Å². The predicted molar refractivity (Wildman–Crippen MR) is 84.3 cm³/mol. The summed E-state index contributed by atoms with van der Waals surface area (Å²) in [6, 6.07) is 0. The molecule has 0 saturated carbocycles. The summed E-state index contributed by atoms with van der Waals surface area (Å²) >= 11 is 0. The van der Waals surface area contributed by atoms with Gasteiger partial charge < -0.3 is 0 Å². The molecule has 0 bridgehead atoms. The van der Waals surface area contributed by atoms with Crippen molar-refractivity contribution in [3.63, 3.8) is 0 Å². The third kappa shape index (κ3) is 2.85. The maximum atomic E-state index is 12.7. The highest BCUT2D eigenvalue weighted by Crippen LogP contribution is 2.17. The molecule has 0 atom stereocenters. The highest BCUT2D eigenvalue weighted by molar-refractivity contribution is 7.88. The molecule has 0 spiro atoms. The van der Waals surface area contributed by atoms with Crippen LogP contribution in [-0.4, -0.2) is 45.4 Å². The largest absolute Gasteiger partial charge is 0.284 e. The van der Waals surface area contributed by atoms with E-state index < -0.39 is 10.0 Å². The van der Waals surface area contributed by atoms with Crippen LogP contribution in [0, 0.1) is 20.8 Å². The van der Waals surface area contributed by atoms with E-state index in [1.165, 1.54) is 8.82 Å². The SMILES string of the molecule is CCCN(CCC)S(=O)(=O)c1nc2nc(C)c(C)c(C)n2n1. The van der Waals surface area contributed by atoms with Gasteiger partial charge in [-0.2, -0.15) is 13.8 Å². The first kappa shape index (κ1) is 16.8. The van der Waals surface area contributed by atoms with Crippen LogP contribution in [0.25, 0.3) is 5.78 Å². The number of fused-ring (bicyclic) bond motifs is 1. The second-order valence-corrected chi connectivity index (χ2v) is 7.25. The van der Waals surface area contributed by atoms with Gasteiger partial charge in [-0.15, -0.1) is 5.10 Å². The second-order valence-electron chi connectivity index (χ2n) is 5.42. The van der Waals surface area contributed by atoms with Gasteiger partial charge in [0, 0.05) is 24.5 Å². The molecule has 2 rings (SSSR count). The molecular formula is C14H23N5O2S. The minimum atomic E-state index is -3.68. The van der Waals surface area contributed by atoms with E-state index in [2.05, 4.69) is 15.1 Å². The van der Waals surface area contributed by atoms with Crippen LogP contribution in [0.5, 0.6) is 0 Å². The third-order valence-electron chi connectivity index (χ3n) is 3.76. The summed E-state index contributed by atoms with van der Waals surface area (Å²) in [5, 5.41) is 4.01. The van der Waals surface area contributed by atoms with Crippen molar-refractivity contribution in [2.75, 3.05) is 13.1 Å². The van der Waals surface area contributed by atoms with Crippen LogP contribution in [0.15, 0.2) is 5.16 Å². The normalized spacial score (nSPS) is 12.5. The molecule has 8 heteroatoms. The zero-order valence-corrected chi connectivity index (χ0v) is 14.6. The Kier molecular flexibility index (Phi) is 4.81. The summed E-state index contributed by atoms with van der Waals surface area (Å²) in [6.07, 6.45) is 1.50. The van der Waals surface area contributed by atoms with E-state index in [0.29, 0.717) is 18.9 Å². The Morgan fingerprint density at radius 1 is 1.05 bits per heavy atom. The molecule has 22 heavy (non-hydrogen) atoms. The molecule has 0 aliphatic carbocycles. The standard InChI is InChI=1S/C14H23N5O2S/c1-6-8-18(9-7-2)22(20,21)14-16-13-15-11(4)10(3)12(5)19(13)17-14/h6-9H2,1-5H3. The van der Waals surface area contributed by atoms with E-state index in [1.807, 2.05) is 34.6 Å². The van der Waals surface area contributed by atoms with E-state index >= 15 is 0 Å². The fraction of sp³-hybridized carbons (Fsp3) is 0.643. The van der Waals surface area contributed by atoms with E-state index in [0.717, 1.165) is 29.8 Å². The molecule has 0 saturated heterocycles. The van der Waals surface area contributed by atoms with Gasteiger partial charge in [0.15, 0.2) is 0 Å². The fourth-order valence-electron chi connectivity index (χ4n) is 2.31. The predicted octanol–water partition coefficient (Wildman–Crippen LogP) is 1.86. The minimum Gasteiger partial charge on any atom is -0.216 e. The molecule has 0 fully saturated rings. The second kappa shape index (κ2) is 6.29. The number of rotatable bonds is 6. The quantitative estimate of drug-likeness (QED) is 0.810. The van der Waals surface area contributed by atoms with Gasteiger partial charge in [0.2, 0.25) is 0 Å². The Balaban J connectivity index is 2.56. The molecule has 0 aromatic carbocycles. The molecule has 2 heterocycles. The van der Waals surface area contributed by atoms with Gasteiger partial charge in [0.25, 0.3) is 21.0 Å². The summed E-state index contributed by atoms with van der Waals surface area (Å²) in [5.41, 5.74) is 2.68. The van der Waals surface area contributed by atoms with Crippen LogP contribution in [0.1, 0.15) is 43.6 Å². The molecule has 2 aromatic rings. The summed E-state index contributed by atoms with van der Waals surface area (Å²) < 4.78 is 28.4. The van der Waals surface area contributed by atoms with Crippen molar-refractivity contribution in [1.82, 2.24) is 23.9 Å². The summed E-state index contributed by atoms with van der Waals surface area (Å²) in [6.45, 7) is 10.5. The Hall–Kier alpha value is -1.54. The topological polar surface area (TPSA) is 80.5 Å². The summed E-state index contributed by atoms with van der Waals surface area (Å²) in [7, 11) is -3.68. The average molecular weight is 325 g/mol. The Bertz CT molecular complexity index is 776. The lowest BCUT2D eigenvalue weighted by molar-refractivity contribution is 0.405. The van der Waals surface area contributed by atoms with Crippen LogP contribution < -0.4 is 0 Å². The van der Waals surface area contributed by atoms with Gasteiger partial charge >= 0.3 is 0 Å². The molecule has 0 radical (unpaired) electrons. The van der Waals surface area contributed by atoms with Crippen molar-refractivity contribution in [2.24, 2.45) is 0 Å². The Morgan fingerprint density at radius 3 is 2.18 bits per heavy atom. The van der Waals surface area contributed by atoms with Crippen molar-refractivity contribution in [2.45, 2.75) is 52.6 Å². The van der Waals surface area contributed by atoms with Crippen LogP contribution >= 0.6 is 0 Å². The first-order chi connectivity index (χ1) is 10.3. The number of hydrogen-bond acceptors (Lipinski definition) is 5. The summed E-state index contributed by atoms with van der Waals surface area (Å²) in [5.74, 6) is 0.326. The lowest BCUT2D eigenvalue weighted by atomic mass is 10.2. The average Bonchev–Trinajstić information content (AvgIpc) is 2.89. The molecule has 0 N–H and O–H groups in total. The number of nitrogens with zero attached hydrogens (tertiary/aromatic N) is 5. The zero-order valence-electron chi connectivity index (χ0n) is 13.8. The van der Waals surface area contributed by atoms with Crippen molar-refractivity contribution in [1.29, 1.82) is 0 Å². The Morgan fingerprint density at radius 2 is 1.64 bits per heavy atom. The maximum absolute atomic E-state index is 12.7. The lowest BCUT2D eigenvalue weighted by Gasteiger charge is -2.18. The van der Waals surface area contributed by atoms with Crippen molar-refractivity contribution >= 4 is 15.8 Å². The van der Waals surface area contributed by atoms with E-state index in [-0.39, 0.29) is 5.16 Å². The van der Waals surface area contributed by atoms with Crippen molar-refractivity contribution < 1.29 is 8.42 Å². The minimum absolute atomic E-state index is 0.171. The lowest BCUT2D eigenvalue weighted by Crippen LogP contribution is -2.33. The van der Waals surface area contributed by atoms with Gasteiger partial charge in [0.1, 0.15) is 0 Å². The number of aryl methyl sites for hydroxylation is 2. The highest BCUT2D eigenvalue weighted by Gasteiger charge is 2.28. The van der Waals surface area contributed by atoms with Gasteiger partial charge in [-0.05, 0) is 39.2 Å². The van der Waals surface area contributed by atoms with Crippen LogP contribution in [0.3, 0.4) is 0 Å². The van der Waals surface area contributed by atoms with Crippen molar-refractivity contribution in [3.8, 4) is 0 Å². The summed E-state index contributed by atoms with van der Waals surface area (Å²) in [4.78, 5) is 8.47. The Labute approximate surface area is 131 Å². The van der Waals surface area contributed by atoms with Gasteiger partial charge in [-0.25, -0.2) is 13.4 Å². The highest BCUT2D eigenvalue weighted by atomic mass is 32.2. The maximum Gasteiger partial charge on any atom is 0.284 e. The van der Waals surface area contributed by atoms with E-state index in [9.17, 15) is 8.42 Å². The van der Waals surface area contributed by atoms with Gasteiger partial charge in [0.05, 0.1) is 0 Å². The first-order valence-electron chi connectivity index (χ1n) is 7.53. The molecule has 2 aromatic heterocycles. The van der Waals surface area contributed by atoms with Gasteiger partial charge in [-0.3, -0.25) is 0 Å². The first-order valence-corrected chi connectivity index (χ1v) is 8.97. The van der Waals surface area contributed by atoms with E-state index in [4.69, 9.17) is 0 Å². The monoisotopic (exact) mass is 325 g/mol. The molecule has 7 nitrogen and oxygen atoms in total. The number of hydrogen-bond donors (Lipinski definition) is 0. The molecule has 0 aliphatic rings. The molecular weight excluding hydrogens is 302 g/mol. The number of sulfonamides is 1. The molecule has 122 valence electrons. The third-order valence-corrected chi connectivity index (χ3v) is 5.44. The molecule has 0 amide bonds.